The molecule has 1 aromatic carbocycles. The van der Waals surface area contributed by atoms with E-state index in [1.165, 1.54) is 0 Å². The summed E-state index contributed by atoms with van der Waals surface area (Å²) < 4.78 is 0. The lowest BCUT2D eigenvalue weighted by atomic mass is 10.1. The van der Waals surface area contributed by atoms with Gasteiger partial charge in [0.2, 0.25) is 5.91 Å². The van der Waals surface area contributed by atoms with Crippen molar-refractivity contribution >= 4 is 23.4 Å². The van der Waals surface area contributed by atoms with E-state index < -0.39 is 0 Å². The maximum absolute atomic E-state index is 11.8. The highest BCUT2D eigenvalue weighted by molar-refractivity contribution is 7.99. The van der Waals surface area contributed by atoms with Crippen LogP contribution in [0.25, 0.3) is 0 Å². The number of amides is 1. The molecule has 2 rings (SSSR count). The van der Waals surface area contributed by atoms with Crippen molar-refractivity contribution in [2.75, 3.05) is 16.8 Å². The summed E-state index contributed by atoms with van der Waals surface area (Å²) in [5, 5.41) is 11.5. The lowest BCUT2D eigenvalue weighted by Crippen LogP contribution is -2.22. The summed E-state index contributed by atoms with van der Waals surface area (Å²) in [6, 6.07) is 8.99. The lowest BCUT2D eigenvalue weighted by molar-refractivity contribution is -0.119. The number of nitrogens with zero attached hydrogens (tertiary/aromatic N) is 1. The quantitative estimate of drug-likeness (QED) is 0.850. The van der Waals surface area contributed by atoms with Crippen molar-refractivity contribution in [3.63, 3.8) is 0 Å². The Balaban J connectivity index is 1.98. The minimum absolute atomic E-state index is 0.0923. The van der Waals surface area contributed by atoms with Crippen LogP contribution in [0.5, 0.6) is 0 Å². The summed E-state index contributed by atoms with van der Waals surface area (Å²) >= 11 is 1.82. The second-order valence-electron chi connectivity index (χ2n) is 3.74. The van der Waals surface area contributed by atoms with Crippen molar-refractivity contribution in [2.45, 2.75) is 6.42 Å². The predicted octanol–water partition coefficient (Wildman–Crippen LogP) is 2.25. The maximum atomic E-state index is 11.8. The van der Waals surface area contributed by atoms with Crippen LogP contribution in [0.2, 0.25) is 0 Å². The summed E-state index contributed by atoms with van der Waals surface area (Å²) in [5.41, 5.74) is 1.37. The standard InChI is InChI=1S/C12H12N2OS/c13-7-9-1-3-11(4-2-9)14-12(15)10-5-6-16-8-10/h1-4,10H,5-6,8H2,(H,14,15). The molecule has 1 saturated heterocycles. The Labute approximate surface area is 98.8 Å². The van der Waals surface area contributed by atoms with E-state index in [0.717, 1.165) is 23.6 Å². The molecule has 1 fully saturated rings. The number of hydrogen-bond acceptors (Lipinski definition) is 3. The van der Waals surface area contributed by atoms with Gasteiger partial charge in [-0.05, 0) is 36.4 Å². The molecule has 1 N–H and O–H groups in total. The van der Waals surface area contributed by atoms with E-state index in [2.05, 4.69) is 5.32 Å². The molecule has 3 nitrogen and oxygen atoms in total. The van der Waals surface area contributed by atoms with E-state index in [1.807, 2.05) is 17.8 Å². The van der Waals surface area contributed by atoms with E-state index >= 15 is 0 Å². The van der Waals surface area contributed by atoms with Crippen molar-refractivity contribution in [1.82, 2.24) is 0 Å². The molecule has 1 amide bonds. The van der Waals surface area contributed by atoms with Crippen LogP contribution in [0, 0.1) is 17.2 Å². The lowest BCUT2D eigenvalue weighted by Gasteiger charge is -2.09. The Bertz CT molecular complexity index is 416. The second kappa shape index (κ2) is 5.04. The molecule has 0 spiro atoms. The SMILES string of the molecule is N#Cc1ccc(NC(=O)C2CCSC2)cc1. The van der Waals surface area contributed by atoms with Gasteiger partial charge in [0.05, 0.1) is 11.6 Å². The largest absolute Gasteiger partial charge is 0.326 e. The fourth-order valence-corrected chi connectivity index (χ4v) is 2.83. The first-order valence-electron chi connectivity index (χ1n) is 5.18. The summed E-state index contributed by atoms with van der Waals surface area (Å²) in [5.74, 6) is 2.23. The first-order chi connectivity index (χ1) is 7.79. The van der Waals surface area contributed by atoms with Gasteiger partial charge in [0.15, 0.2) is 0 Å². The van der Waals surface area contributed by atoms with Crippen LogP contribution >= 0.6 is 11.8 Å². The molecule has 4 heteroatoms. The molecule has 1 aliphatic rings. The van der Waals surface area contributed by atoms with Gasteiger partial charge in [-0.1, -0.05) is 0 Å². The molecule has 16 heavy (non-hydrogen) atoms. The number of carbonyl (C=O) groups excluding carboxylic acids is 1. The zero-order chi connectivity index (χ0) is 11.4. The highest BCUT2D eigenvalue weighted by atomic mass is 32.2. The topological polar surface area (TPSA) is 52.9 Å². The fraction of sp³-hybridized carbons (Fsp3) is 0.333. The Morgan fingerprint density at radius 3 is 2.75 bits per heavy atom. The number of anilines is 1. The smallest absolute Gasteiger partial charge is 0.228 e. The van der Waals surface area contributed by atoms with Gasteiger partial charge in [-0.2, -0.15) is 17.0 Å². The van der Waals surface area contributed by atoms with Crippen LogP contribution in [0.4, 0.5) is 5.69 Å². The number of thioether (sulfide) groups is 1. The second-order valence-corrected chi connectivity index (χ2v) is 4.89. The molecule has 0 aromatic heterocycles. The summed E-state index contributed by atoms with van der Waals surface area (Å²) in [6.45, 7) is 0. The maximum Gasteiger partial charge on any atom is 0.228 e. The third-order valence-electron chi connectivity index (χ3n) is 2.58. The van der Waals surface area contributed by atoms with E-state index in [1.54, 1.807) is 24.3 Å². The van der Waals surface area contributed by atoms with E-state index in [4.69, 9.17) is 5.26 Å². The van der Waals surface area contributed by atoms with Crippen LogP contribution in [0.1, 0.15) is 12.0 Å². The van der Waals surface area contributed by atoms with E-state index in [-0.39, 0.29) is 11.8 Å². The summed E-state index contributed by atoms with van der Waals surface area (Å²) in [7, 11) is 0. The number of rotatable bonds is 2. The van der Waals surface area contributed by atoms with Crippen molar-refractivity contribution in [3.8, 4) is 6.07 Å². The third-order valence-corrected chi connectivity index (χ3v) is 3.74. The van der Waals surface area contributed by atoms with E-state index in [9.17, 15) is 4.79 Å². The molecule has 1 unspecified atom stereocenters. The average molecular weight is 232 g/mol. The van der Waals surface area contributed by atoms with Gasteiger partial charge >= 0.3 is 0 Å². The molecule has 0 bridgehead atoms. The molecular weight excluding hydrogens is 220 g/mol. The molecule has 0 saturated carbocycles. The molecular formula is C12H12N2OS. The Kier molecular flexibility index (Phi) is 3.47. The molecule has 82 valence electrons. The Morgan fingerprint density at radius 2 is 2.19 bits per heavy atom. The minimum Gasteiger partial charge on any atom is -0.326 e. The van der Waals surface area contributed by atoms with Crippen LogP contribution in [0.15, 0.2) is 24.3 Å². The minimum atomic E-state index is 0.0923. The fourth-order valence-electron chi connectivity index (χ4n) is 1.61. The van der Waals surface area contributed by atoms with Gasteiger partial charge in [0.25, 0.3) is 0 Å². The zero-order valence-electron chi connectivity index (χ0n) is 8.77. The normalized spacial score (nSPS) is 19.1. The highest BCUT2D eigenvalue weighted by Crippen LogP contribution is 2.24. The van der Waals surface area contributed by atoms with E-state index in [0.29, 0.717) is 5.56 Å². The van der Waals surface area contributed by atoms with Crippen LogP contribution in [-0.4, -0.2) is 17.4 Å². The molecule has 1 atom stereocenters. The molecule has 1 aliphatic heterocycles. The summed E-state index contributed by atoms with van der Waals surface area (Å²) in [4.78, 5) is 11.8. The molecule has 0 radical (unpaired) electrons. The molecule has 1 aromatic rings. The Morgan fingerprint density at radius 1 is 1.44 bits per heavy atom. The van der Waals surface area contributed by atoms with Crippen molar-refractivity contribution in [2.24, 2.45) is 5.92 Å². The first-order valence-corrected chi connectivity index (χ1v) is 6.34. The van der Waals surface area contributed by atoms with Crippen LogP contribution < -0.4 is 5.32 Å². The monoisotopic (exact) mass is 232 g/mol. The molecule has 0 aliphatic carbocycles. The Hall–Kier alpha value is -1.47. The van der Waals surface area contributed by atoms with Gasteiger partial charge < -0.3 is 5.32 Å². The number of hydrogen-bond donors (Lipinski definition) is 1. The average Bonchev–Trinajstić information content (AvgIpc) is 2.83. The van der Waals surface area contributed by atoms with Gasteiger partial charge in [-0.3, -0.25) is 4.79 Å². The van der Waals surface area contributed by atoms with Gasteiger partial charge in [0.1, 0.15) is 0 Å². The summed E-state index contributed by atoms with van der Waals surface area (Å²) in [6.07, 6.45) is 0.965. The van der Waals surface area contributed by atoms with Gasteiger partial charge in [-0.25, -0.2) is 0 Å². The van der Waals surface area contributed by atoms with Gasteiger partial charge in [-0.15, -0.1) is 0 Å². The zero-order valence-corrected chi connectivity index (χ0v) is 9.59. The highest BCUT2D eigenvalue weighted by Gasteiger charge is 2.22. The number of nitriles is 1. The van der Waals surface area contributed by atoms with Crippen molar-refractivity contribution < 1.29 is 4.79 Å². The van der Waals surface area contributed by atoms with Crippen molar-refractivity contribution in [3.05, 3.63) is 29.8 Å². The van der Waals surface area contributed by atoms with Gasteiger partial charge in [0, 0.05) is 17.4 Å². The van der Waals surface area contributed by atoms with Crippen LogP contribution in [-0.2, 0) is 4.79 Å². The number of benzene rings is 1. The predicted molar refractivity (Wildman–Crippen MR) is 65.2 cm³/mol. The number of nitrogens with one attached hydrogen (secondary N) is 1. The van der Waals surface area contributed by atoms with Crippen molar-refractivity contribution in [1.29, 1.82) is 5.26 Å². The number of carbonyl (C=O) groups is 1. The third kappa shape index (κ3) is 2.56. The molecule has 1 heterocycles. The first kappa shape index (κ1) is 11.0. The van der Waals surface area contributed by atoms with Crippen LogP contribution in [0.3, 0.4) is 0 Å².